The summed E-state index contributed by atoms with van der Waals surface area (Å²) in [7, 11) is 0. The minimum atomic E-state index is -0.512. The third kappa shape index (κ3) is 5.44. The normalized spacial score (nSPS) is 11.8. The van der Waals surface area contributed by atoms with Crippen LogP contribution in [-0.4, -0.2) is 37.3 Å². The Labute approximate surface area is 179 Å². The first kappa shape index (κ1) is 21.5. The molecule has 1 unspecified atom stereocenters. The lowest BCUT2D eigenvalue weighted by Gasteiger charge is -2.12. The molecule has 30 heavy (non-hydrogen) atoms. The van der Waals surface area contributed by atoms with Crippen molar-refractivity contribution in [1.82, 2.24) is 20.2 Å². The van der Waals surface area contributed by atoms with Gasteiger partial charge in [-0.2, -0.15) is 4.68 Å². The van der Waals surface area contributed by atoms with Gasteiger partial charge in [-0.05, 0) is 72.2 Å². The number of nitrogens with zero attached hydrogens (tertiary/aromatic N) is 4. The Morgan fingerprint density at radius 1 is 1.13 bits per heavy atom. The van der Waals surface area contributed by atoms with Gasteiger partial charge in [0.15, 0.2) is 0 Å². The van der Waals surface area contributed by atoms with Gasteiger partial charge in [-0.15, -0.1) is 5.10 Å². The number of aryl methyl sites for hydroxylation is 1. The van der Waals surface area contributed by atoms with E-state index in [1.807, 2.05) is 12.1 Å². The van der Waals surface area contributed by atoms with Crippen molar-refractivity contribution in [1.29, 1.82) is 0 Å². The Bertz CT molecular complexity index is 1000. The van der Waals surface area contributed by atoms with Crippen molar-refractivity contribution in [2.45, 2.75) is 43.5 Å². The number of aromatic nitrogens is 4. The van der Waals surface area contributed by atoms with E-state index in [-0.39, 0.29) is 5.91 Å². The molecule has 9 heteroatoms. The average molecular weight is 425 g/mol. The molecule has 0 fully saturated rings. The SMILES string of the molecule is CCCCc1ccc(-n2nnnc2SC(C)C(=O)Nc2ccc(C(N)=O)cc2)cc1. The molecule has 0 spiro atoms. The second kappa shape index (κ2) is 10.0. The number of carbonyl (C=O) groups excluding carboxylic acids is 2. The Hall–Kier alpha value is -3.20. The summed E-state index contributed by atoms with van der Waals surface area (Å²) in [5.74, 6) is -0.710. The molecule has 3 aromatic rings. The molecule has 156 valence electrons. The summed E-state index contributed by atoms with van der Waals surface area (Å²) in [5, 5.41) is 14.8. The largest absolute Gasteiger partial charge is 0.366 e. The summed E-state index contributed by atoms with van der Waals surface area (Å²) in [4.78, 5) is 23.7. The van der Waals surface area contributed by atoms with Gasteiger partial charge in [-0.1, -0.05) is 37.2 Å². The second-order valence-electron chi connectivity index (χ2n) is 6.83. The maximum atomic E-state index is 12.5. The quantitative estimate of drug-likeness (QED) is 0.510. The lowest BCUT2D eigenvalue weighted by molar-refractivity contribution is -0.115. The van der Waals surface area contributed by atoms with Crippen LogP contribution in [0.15, 0.2) is 53.7 Å². The number of amides is 2. The molecule has 3 N–H and O–H groups in total. The number of hydrogen-bond acceptors (Lipinski definition) is 6. The first-order valence-electron chi connectivity index (χ1n) is 9.73. The summed E-state index contributed by atoms with van der Waals surface area (Å²) < 4.78 is 1.62. The minimum absolute atomic E-state index is 0.198. The van der Waals surface area contributed by atoms with Gasteiger partial charge >= 0.3 is 0 Å². The highest BCUT2D eigenvalue weighted by molar-refractivity contribution is 8.00. The maximum Gasteiger partial charge on any atom is 0.248 e. The van der Waals surface area contributed by atoms with E-state index in [1.54, 1.807) is 35.9 Å². The number of nitrogens with two attached hydrogens (primary N) is 1. The molecular formula is C21H24N6O2S. The van der Waals surface area contributed by atoms with Gasteiger partial charge in [0, 0.05) is 11.3 Å². The number of primary amides is 1. The molecule has 1 heterocycles. The number of thioether (sulfide) groups is 1. The number of hydrogen-bond donors (Lipinski definition) is 2. The van der Waals surface area contributed by atoms with Gasteiger partial charge < -0.3 is 11.1 Å². The minimum Gasteiger partial charge on any atom is -0.366 e. The number of anilines is 1. The van der Waals surface area contributed by atoms with Gasteiger partial charge in [0.05, 0.1) is 10.9 Å². The van der Waals surface area contributed by atoms with Gasteiger partial charge in [0.25, 0.3) is 0 Å². The lowest BCUT2D eigenvalue weighted by atomic mass is 10.1. The van der Waals surface area contributed by atoms with Gasteiger partial charge in [0.1, 0.15) is 0 Å². The summed E-state index contributed by atoms with van der Waals surface area (Å²) >= 11 is 1.27. The van der Waals surface area contributed by atoms with Crippen LogP contribution in [0.4, 0.5) is 5.69 Å². The molecule has 0 aliphatic carbocycles. The molecule has 2 aromatic carbocycles. The lowest BCUT2D eigenvalue weighted by Crippen LogP contribution is -2.23. The fourth-order valence-corrected chi connectivity index (χ4v) is 3.58. The number of nitrogens with one attached hydrogen (secondary N) is 1. The predicted octanol–water partition coefficient (Wildman–Crippen LogP) is 3.22. The summed E-state index contributed by atoms with van der Waals surface area (Å²) in [6, 6.07) is 14.5. The zero-order chi connectivity index (χ0) is 21.5. The summed E-state index contributed by atoms with van der Waals surface area (Å²) in [6.07, 6.45) is 3.36. The van der Waals surface area contributed by atoms with Crippen LogP contribution in [0, 0.1) is 0 Å². The molecule has 0 saturated heterocycles. The highest BCUT2D eigenvalue weighted by atomic mass is 32.2. The van der Waals surface area contributed by atoms with E-state index < -0.39 is 11.2 Å². The van der Waals surface area contributed by atoms with E-state index >= 15 is 0 Å². The third-order valence-corrected chi connectivity index (χ3v) is 5.56. The monoisotopic (exact) mass is 424 g/mol. The van der Waals surface area contributed by atoms with Crippen LogP contribution in [0.3, 0.4) is 0 Å². The van der Waals surface area contributed by atoms with Crippen LogP contribution in [-0.2, 0) is 11.2 Å². The highest BCUT2D eigenvalue weighted by Crippen LogP contribution is 2.24. The summed E-state index contributed by atoms with van der Waals surface area (Å²) in [6.45, 7) is 3.96. The number of rotatable bonds is 9. The van der Waals surface area contributed by atoms with E-state index in [0.29, 0.717) is 16.4 Å². The molecule has 1 aromatic heterocycles. The Balaban J connectivity index is 1.64. The van der Waals surface area contributed by atoms with Crippen LogP contribution in [0.1, 0.15) is 42.6 Å². The maximum absolute atomic E-state index is 12.5. The van der Waals surface area contributed by atoms with E-state index in [0.717, 1.165) is 24.9 Å². The highest BCUT2D eigenvalue weighted by Gasteiger charge is 2.19. The molecule has 8 nitrogen and oxygen atoms in total. The van der Waals surface area contributed by atoms with Crippen molar-refractivity contribution in [2.75, 3.05) is 5.32 Å². The van der Waals surface area contributed by atoms with Gasteiger partial charge in [-0.3, -0.25) is 9.59 Å². The van der Waals surface area contributed by atoms with Crippen LogP contribution in [0.25, 0.3) is 5.69 Å². The molecule has 3 rings (SSSR count). The van der Waals surface area contributed by atoms with Crippen LogP contribution in [0.2, 0.25) is 0 Å². The molecule has 2 amide bonds. The van der Waals surface area contributed by atoms with E-state index in [9.17, 15) is 9.59 Å². The van der Waals surface area contributed by atoms with Crippen molar-refractivity contribution in [3.63, 3.8) is 0 Å². The molecular weight excluding hydrogens is 400 g/mol. The third-order valence-electron chi connectivity index (χ3n) is 4.53. The fraction of sp³-hybridized carbons (Fsp3) is 0.286. The zero-order valence-corrected chi connectivity index (χ0v) is 17.7. The first-order valence-corrected chi connectivity index (χ1v) is 10.6. The summed E-state index contributed by atoms with van der Waals surface area (Å²) in [5.41, 5.74) is 8.32. The number of carbonyl (C=O) groups is 2. The van der Waals surface area contributed by atoms with Crippen LogP contribution < -0.4 is 11.1 Å². The Morgan fingerprint density at radius 2 is 1.83 bits per heavy atom. The van der Waals surface area contributed by atoms with E-state index in [2.05, 4.69) is 39.9 Å². The molecule has 0 bridgehead atoms. The Morgan fingerprint density at radius 3 is 2.47 bits per heavy atom. The predicted molar refractivity (Wildman–Crippen MR) is 117 cm³/mol. The van der Waals surface area contributed by atoms with Crippen molar-refractivity contribution in [3.8, 4) is 5.69 Å². The molecule has 0 aliphatic rings. The van der Waals surface area contributed by atoms with Crippen molar-refractivity contribution in [2.24, 2.45) is 5.73 Å². The van der Waals surface area contributed by atoms with Gasteiger partial charge in [-0.25, -0.2) is 0 Å². The van der Waals surface area contributed by atoms with E-state index in [1.165, 1.54) is 17.3 Å². The van der Waals surface area contributed by atoms with Crippen molar-refractivity contribution < 1.29 is 9.59 Å². The van der Waals surface area contributed by atoms with Crippen molar-refractivity contribution in [3.05, 3.63) is 59.7 Å². The van der Waals surface area contributed by atoms with E-state index in [4.69, 9.17) is 5.73 Å². The van der Waals surface area contributed by atoms with Crippen LogP contribution in [0.5, 0.6) is 0 Å². The average Bonchev–Trinajstić information content (AvgIpc) is 3.21. The first-order chi connectivity index (χ1) is 14.5. The van der Waals surface area contributed by atoms with Crippen LogP contribution >= 0.6 is 11.8 Å². The molecule has 0 saturated carbocycles. The fourth-order valence-electron chi connectivity index (χ4n) is 2.77. The number of unbranched alkanes of at least 4 members (excludes halogenated alkanes) is 1. The molecule has 0 radical (unpaired) electrons. The zero-order valence-electron chi connectivity index (χ0n) is 16.9. The van der Waals surface area contributed by atoms with Gasteiger partial charge in [0.2, 0.25) is 17.0 Å². The standard InChI is InChI=1S/C21H24N6O2S/c1-3-4-5-15-6-12-18(13-7-15)27-21(24-25-26-27)30-14(2)20(29)23-17-10-8-16(9-11-17)19(22)28/h6-14H,3-5H2,1-2H3,(H2,22,28)(H,23,29). The topological polar surface area (TPSA) is 116 Å². The second-order valence-corrected chi connectivity index (χ2v) is 8.14. The number of tetrazole rings is 1. The number of benzene rings is 2. The smallest absolute Gasteiger partial charge is 0.248 e. The molecule has 1 atom stereocenters. The van der Waals surface area contributed by atoms with Crippen molar-refractivity contribution >= 4 is 29.3 Å². The Kier molecular flexibility index (Phi) is 7.18. The molecule has 0 aliphatic heterocycles.